The molecule has 3 N–H and O–H groups in total. The summed E-state index contributed by atoms with van der Waals surface area (Å²) >= 11 is 0. The summed E-state index contributed by atoms with van der Waals surface area (Å²) in [6, 6.07) is 5.03. The van der Waals surface area contributed by atoms with Crippen LogP contribution in [-0.4, -0.2) is 54.6 Å². The topological polar surface area (TPSA) is 127 Å². The first-order chi connectivity index (χ1) is 15.8. The second-order valence-corrected chi connectivity index (χ2v) is 10.0. The predicted molar refractivity (Wildman–Crippen MR) is 113 cm³/mol. The molecule has 0 radical (unpaired) electrons. The Bertz CT molecular complexity index is 1280. The summed E-state index contributed by atoms with van der Waals surface area (Å²) in [7, 11) is -2.83. The molecule has 1 amide bonds. The average Bonchev–Trinajstić information content (AvgIpc) is 3.11. The van der Waals surface area contributed by atoms with Crippen LogP contribution in [0.2, 0.25) is 0 Å². The van der Waals surface area contributed by atoms with E-state index in [1.165, 1.54) is 26.1 Å². The third kappa shape index (κ3) is 3.76. The second kappa shape index (κ2) is 7.91. The van der Waals surface area contributed by atoms with Crippen LogP contribution in [0.5, 0.6) is 0 Å². The van der Waals surface area contributed by atoms with Crippen LogP contribution in [0.4, 0.5) is 23.2 Å². The molecule has 0 aliphatic carbocycles. The van der Waals surface area contributed by atoms with Gasteiger partial charge in [-0.3, -0.25) is 9.78 Å². The standard InChI is InChI=1S/C20H19F4N5O4S/c1-10-16-19(9-33-10,28-18(25)29(2)34(16,31)32)13-7-12(4-5-14(13)21)27-17(30)15-6-3-11(8-26-15)20(22,23)24/h3-8,10,16H,9H2,1-2H3,(H2,25,28)(H,27,30)/t10-,16-,19+/m0/s1. The highest BCUT2D eigenvalue weighted by Crippen LogP contribution is 2.46. The van der Waals surface area contributed by atoms with Crippen LogP contribution in [0.15, 0.2) is 41.5 Å². The molecule has 182 valence electrons. The molecule has 9 nitrogen and oxygen atoms in total. The number of aliphatic imine (C=N–C) groups is 1. The van der Waals surface area contributed by atoms with E-state index < -0.39 is 50.4 Å². The van der Waals surface area contributed by atoms with Crippen LogP contribution in [0.1, 0.15) is 28.5 Å². The van der Waals surface area contributed by atoms with Crippen LogP contribution in [0, 0.1) is 5.82 Å². The number of nitrogens with two attached hydrogens (primary N) is 1. The minimum Gasteiger partial charge on any atom is -0.374 e. The Balaban J connectivity index is 1.71. The Labute approximate surface area is 191 Å². The van der Waals surface area contributed by atoms with E-state index in [0.717, 1.165) is 16.4 Å². The lowest BCUT2D eigenvalue weighted by molar-refractivity contribution is -0.137. The molecule has 2 aromatic rings. The van der Waals surface area contributed by atoms with E-state index in [0.29, 0.717) is 12.3 Å². The maximum Gasteiger partial charge on any atom is 0.417 e. The van der Waals surface area contributed by atoms with E-state index in [-0.39, 0.29) is 29.5 Å². The maximum absolute atomic E-state index is 15.0. The molecule has 0 unspecified atom stereocenters. The van der Waals surface area contributed by atoms with Crippen molar-refractivity contribution >= 4 is 27.6 Å². The molecule has 4 rings (SSSR count). The van der Waals surface area contributed by atoms with Gasteiger partial charge in [-0.15, -0.1) is 0 Å². The molecular weight excluding hydrogens is 482 g/mol. The minimum atomic E-state index is -4.61. The van der Waals surface area contributed by atoms with Gasteiger partial charge in [-0.25, -0.2) is 22.1 Å². The van der Waals surface area contributed by atoms with E-state index in [1.54, 1.807) is 0 Å². The lowest BCUT2D eigenvalue weighted by Crippen LogP contribution is -2.58. The Morgan fingerprint density at radius 1 is 1.29 bits per heavy atom. The molecule has 1 aromatic heterocycles. The van der Waals surface area contributed by atoms with Gasteiger partial charge in [0.05, 0.1) is 18.3 Å². The zero-order chi connectivity index (χ0) is 25.1. The summed E-state index contributed by atoms with van der Waals surface area (Å²) in [4.78, 5) is 20.3. The number of halogens is 4. The van der Waals surface area contributed by atoms with E-state index in [4.69, 9.17) is 10.5 Å². The van der Waals surface area contributed by atoms with Gasteiger partial charge in [0.15, 0.2) is 0 Å². The molecule has 0 bridgehead atoms. The number of amides is 1. The number of sulfonamides is 1. The zero-order valence-corrected chi connectivity index (χ0v) is 18.6. The number of nitrogens with one attached hydrogen (secondary N) is 1. The Hall–Kier alpha value is -3.26. The van der Waals surface area contributed by atoms with Crippen molar-refractivity contribution < 1.29 is 35.5 Å². The van der Waals surface area contributed by atoms with Crippen molar-refractivity contribution in [2.75, 3.05) is 19.0 Å². The minimum absolute atomic E-state index is 0.0425. The van der Waals surface area contributed by atoms with Crippen molar-refractivity contribution in [2.45, 2.75) is 30.0 Å². The molecule has 2 aliphatic rings. The summed E-state index contributed by atoms with van der Waals surface area (Å²) in [5.74, 6) is -2.00. The first-order valence-corrected chi connectivity index (χ1v) is 11.4. The van der Waals surface area contributed by atoms with Gasteiger partial charge in [-0.1, -0.05) is 0 Å². The largest absolute Gasteiger partial charge is 0.417 e. The molecule has 14 heteroatoms. The van der Waals surface area contributed by atoms with Crippen molar-refractivity contribution in [1.29, 1.82) is 0 Å². The molecule has 1 saturated heterocycles. The monoisotopic (exact) mass is 501 g/mol. The smallest absolute Gasteiger partial charge is 0.374 e. The highest BCUT2D eigenvalue weighted by molar-refractivity contribution is 7.90. The number of guanidine groups is 1. The summed E-state index contributed by atoms with van der Waals surface area (Å²) < 4.78 is 85.6. The zero-order valence-electron chi connectivity index (χ0n) is 17.8. The summed E-state index contributed by atoms with van der Waals surface area (Å²) in [6.07, 6.45) is -4.92. The van der Waals surface area contributed by atoms with E-state index >= 15 is 4.39 Å². The molecule has 1 fully saturated rings. The van der Waals surface area contributed by atoms with E-state index in [1.807, 2.05) is 0 Å². The molecule has 0 spiro atoms. The van der Waals surface area contributed by atoms with Gasteiger partial charge in [-0.2, -0.15) is 13.2 Å². The number of nitrogens with zero attached hydrogens (tertiary/aromatic N) is 3. The SMILES string of the molecule is C[C@@H]1OC[C@]2(c3cc(NC(=O)c4ccc(C(F)(F)F)cn4)ccc3F)N=C(N)N(C)S(=O)(=O)[C@@H]12. The number of fused-ring (bicyclic) bond motifs is 1. The van der Waals surface area contributed by atoms with Gasteiger partial charge in [0.2, 0.25) is 16.0 Å². The number of pyridine rings is 1. The highest BCUT2D eigenvalue weighted by atomic mass is 32.2. The predicted octanol–water partition coefficient (Wildman–Crippen LogP) is 2.06. The number of anilines is 1. The Morgan fingerprint density at radius 2 is 2.00 bits per heavy atom. The number of benzene rings is 1. The number of hydrogen-bond acceptors (Lipinski definition) is 7. The summed E-state index contributed by atoms with van der Waals surface area (Å²) in [5, 5.41) is 1.14. The van der Waals surface area contributed by atoms with Crippen LogP contribution in [0.25, 0.3) is 0 Å². The lowest BCUT2D eigenvalue weighted by atomic mass is 9.86. The average molecular weight is 501 g/mol. The van der Waals surface area contributed by atoms with Crippen LogP contribution in [0.3, 0.4) is 0 Å². The molecule has 34 heavy (non-hydrogen) atoms. The quantitative estimate of drug-likeness (QED) is 0.620. The van der Waals surface area contributed by atoms with E-state index in [9.17, 15) is 26.4 Å². The van der Waals surface area contributed by atoms with Crippen molar-refractivity contribution in [3.63, 3.8) is 0 Å². The van der Waals surface area contributed by atoms with Crippen LogP contribution in [-0.2, 0) is 26.5 Å². The van der Waals surface area contributed by atoms with Crippen molar-refractivity contribution in [2.24, 2.45) is 10.7 Å². The number of hydrogen-bond donors (Lipinski definition) is 2. The normalized spacial score (nSPS) is 26.1. The Morgan fingerprint density at radius 3 is 2.62 bits per heavy atom. The maximum atomic E-state index is 15.0. The number of alkyl halides is 3. The fourth-order valence-electron chi connectivity index (χ4n) is 4.09. The molecule has 3 atom stereocenters. The number of carbonyl (C=O) groups is 1. The number of rotatable bonds is 3. The lowest BCUT2D eigenvalue weighted by Gasteiger charge is -2.39. The van der Waals surface area contributed by atoms with E-state index in [2.05, 4.69) is 15.3 Å². The molecule has 3 heterocycles. The second-order valence-electron chi connectivity index (χ2n) is 7.92. The number of carbonyl (C=O) groups excluding carboxylic acids is 1. The van der Waals surface area contributed by atoms with Gasteiger partial charge in [-0.05, 0) is 37.3 Å². The van der Waals surface area contributed by atoms with Gasteiger partial charge < -0.3 is 15.8 Å². The fraction of sp³-hybridized carbons (Fsp3) is 0.350. The summed E-state index contributed by atoms with van der Waals surface area (Å²) in [5.41, 5.74) is 2.67. The van der Waals surface area contributed by atoms with Gasteiger partial charge in [0.25, 0.3) is 5.91 Å². The van der Waals surface area contributed by atoms with Gasteiger partial charge >= 0.3 is 6.18 Å². The van der Waals surface area contributed by atoms with Crippen LogP contribution >= 0.6 is 0 Å². The third-order valence-electron chi connectivity index (χ3n) is 5.82. The number of ether oxygens (including phenoxy) is 1. The third-order valence-corrected chi connectivity index (χ3v) is 8.18. The van der Waals surface area contributed by atoms with Crippen molar-refractivity contribution in [1.82, 2.24) is 9.29 Å². The van der Waals surface area contributed by atoms with Gasteiger partial charge in [0, 0.05) is 24.5 Å². The van der Waals surface area contributed by atoms with Gasteiger partial charge in [0.1, 0.15) is 22.3 Å². The first-order valence-electron chi connectivity index (χ1n) is 9.86. The first kappa shape index (κ1) is 23.9. The highest BCUT2D eigenvalue weighted by Gasteiger charge is 2.61. The molecular formula is C20H19F4N5O4S. The van der Waals surface area contributed by atoms with Crippen molar-refractivity contribution in [3.8, 4) is 0 Å². The number of aromatic nitrogens is 1. The van der Waals surface area contributed by atoms with Crippen LogP contribution < -0.4 is 11.1 Å². The Kier molecular flexibility index (Phi) is 5.55. The molecule has 2 aliphatic heterocycles. The molecule has 0 saturated carbocycles. The van der Waals surface area contributed by atoms with Crippen molar-refractivity contribution in [3.05, 3.63) is 59.2 Å². The molecule has 1 aromatic carbocycles. The summed E-state index contributed by atoms with van der Waals surface area (Å²) in [6.45, 7) is 1.25. The fourth-order valence-corrected chi connectivity index (χ4v) is 6.04.